The molecule has 1 heterocycles. The molecule has 1 aromatic carbocycles. The van der Waals surface area contributed by atoms with Crippen LogP contribution in [0.3, 0.4) is 0 Å². The van der Waals surface area contributed by atoms with E-state index >= 15 is 0 Å². The van der Waals surface area contributed by atoms with Crippen LogP contribution in [0.5, 0.6) is 5.75 Å². The molecule has 39 heavy (non-hydrogen) atoms. The predicted octanol–water partition coefficient (Wildman–Crippen LogP) is 2.09. The van der Waals surface area contributed by atoms with Gasteiger partial charge in [-0.15, -0.1) is 0 Å². The molecule has 1 saturated heterocycles. The molecule has 3 atom stereocenters. The highest BCUT2D eigenvalue weighted by molar-refractivity contribution is 5.82. The van der Waals surface area contributed by atoms with E-state index in [4.69, 9.17) is 19.3 Å². The SMILES string of the molecule is CC(C)Nc1ccc(COC(=O)C(C)C)cc1OC1CC(O)CC(C(=O)NCCNC(=O)C(C)(C)CCO)O1. The van der Waals surface area contributed by atoms with E-state index in [0.29, 0.717) is 17.9 Å². The van der Waals surface area contributed by atoms with Gasteiger partial charge in [-0.05, 0) is 38.0 Å². The largest absolute Gasteiger partial charge is 0.463 e. The van der Waals surface area contributed by atoms with Crippen LogP contribution in [0, 0.1) is 11.3 Å². The number of benzene rings is 1. The monoisotopic (exact) mass is 551 g/mol. The summed E-state index contributed by atoms with van der Waals surface area (Å²) < 4.78 is 17.3. The van der Waals surface area contributed by atoms with Crippen molar-refractivity contribution in [3.8, 4) is 5.75 Å². The van der Waals surface area contributed by atoms with Gasteiger partial charge < -0.3 is 40.4 Å². The number of aliphatic hydroxyl groups is 2. The van der Waals surface area contributed by atoms with Crippen molar-refractivity contribution in [2.45, 2.75) is 92.0 Å². The van der Waals surface area contributed by atoms with E-state index in [0.717, 1.165) is 5.56 Å². The number of aliphatic hydroxyl groups excluding tert-OH is 2. The summed E-state index contributed by atoms with van der Waals surface area (Å²) in [6.07, 6.45) is -2.00. The van der Waals surface area contributed by atoms with E-state index in [1.165, 1.54) is 0 Å². The van der Waals surface area contributed by atoms with Crippen LogP contribution in [0.2, 0.25) is 0 Å². The minimum absolute atomic E-state index is 0.0855. The molecule has 0 spiro atoms. The summed E-state index contributed by atoms with van der Waals surface area (Å²) in [5.74, 6) is -0.718. The first kappa shape index (κ1) is 32.3. The second-order valence-electron chi connectivity index (χ2n) is 11.1. The summed E-state index contributed by atoms with van der Waals surface area (Å²) in [7, 11) is 0. The van der Waals surface area contributed by atoms with Crippen LogP contribution in [-0.2, 0) is 30.5 Å². The Morgan fingerprint density at radius 3 is 2.44 bits per heavy atom. The van der Waals surface area contributed by atoms with E-state index in [1.807, 2.05) is 26.0 Å². The number of rotatable bonds is 14. The maximum atomic E-state index is 12.7. The number of esters is 1. The first-order valence-electron chi connectivity index (χ1n) is 13.6. The fourth-order valence-electron chi connectivity index (χ4n) is 3.86. The van der Waals surface area contributed by atoms with Crippen molar-refractivity contribution in [2.24, 2.45) is 11.3 Å². The third-order valence-corrected chi connectivity index (χ3v) is 6.22. The van der Waals surface area contributed by atoms with Gasteiger partial charge in [-0.1, -0.05) is 33.8 Å². The molecular formula is C28H45N3O8. The van der Waals surface area contributed by atoms with E-state index in [1.54, 1.807) is 33.8 Å². The molecule has 220 valence electrons. The van der Waals surface area contributed by atoms with Crippen LogP contribution >= 0.6 is 0 Å². The first-order chi connectivity index (χ1) is 18.3. The molecular weight excluding hydrogens is 506 g/mol. The molecule has 0 aromatic heterocycles. The number of hydrogen-bond acceptors (Lipinski definition) is 9. The smallest absolute Gasteiger partial charge is 0.308 e. The molecule has 11 heteroatoms. The molecule has 1 aliphatic heterocycles. The summed E-state index contributed by atoms with van der Waals surface area (Å²) in [4.78, 5) is 36.9. The number of carbonyl (C=O) groups excluding carboxylic acids is 3. The van der Waals surface area contributed by atoms with Gasteiger partial charge in [-0.2, -0.15) is 0 Å². The number of hydrogen-bond donors (Lipinski definition) is 5. The second-order valence-corrected chi connectivity index (χ2v) is 11.1. The quantitative estimate of drug-likeness (QED) is 0.173. The lowest BCUT2D eigenvalue weighted by Gasteiger charge is -2.33. The van der Waals surface area contributed by atoms with Crippen molar-refractivity contribution in [3.05, 3.63) is 23.8 Å². The van der Waals surface area contributed by atoms with Crippen LogP contribution in [-0.4, -0.2) is 72.2 Å². The van der Waals surface area contributed by atoms with Crippen molar-refractivity contribution < 1.29 is 38.8 Å². The van der Waals surface area contributed by atoms with Gasteiger partial charge in [0, 0.05) is 44.0 Å². The standard InChI is InChI=1S/C28H45N3O8/c1-17(2)26(35)37-16-19-7-8-21(31-18(3)4)22(13-19)38-24-15-20(33)14-23(39-24)25(34)29-10-11-30-27(36)28(5,6)9-12-32/h7-8,13,17-18,20,23-24,31-33H,9-12,14-16H2,1-6H3,(H,29,34)(H,30,36). The molecule has 1 fully saturated rings. The number of amides is 2. The highest BCUT2D eigenvalue weighted by Crippen LogP contribution is 2.31. The number of ether oxygens (including phenoxy) is 3. The molecule has 2 rings (SSSR count). The summed E-state index contributed by atoms with van der Waals surface area (Å²) >= 11 is 0. The van der Waals surface area contributed by atoms with Crippen molar-refractivity contribution in [1.82, 2.24) is 10.6 Å². The van der Waals surface area contributed by atoms with Gasteiger partial charge in [0.05, 0.1) is 17.7 Å². The molecule has 3 unspecified atom stereocenters. The lowest BCUT2D eigenvalue weighted by atomic mass is 9.89. The van der Waals surface area contributed by atoms with Gasteiger partial charge in [0.15, 0.2) is 0 Å². The third-order valence-electron chi connectivity index (χ3n) is 6.22. The molecule has 0 bridgehead atoms. The zero-order chi connectivity index (χ0) is 29.2. The average molecular weight is 552 g/mol. The summed E-state index contributed by atoms with van der Waals surface area (Å²) in [6, 6.07) is 5.52. The Morgan fingerprint density at radius 1 is 1.10 bits per heavy atom. The lowest BCUT2D eigenvalue weighted by Crippen LogP contribution is -2.48. The topological polar surface area (TPSA) is 155 Å². The van der Waals surface area contributed by atoms with E-state index in [2.05, 4.69) is 16.0 Å². The molecule has 11 nitrogen and oxygen atoms in total. The molecule has 1 aliphatic rings. The highest BCUT2D eigenvalue weighted by atomic mass is 16.7. The molecule has 0 aliphatic carbocycles. The molecule has 0 saturated carbocycles. The van der Waals surface area contributed by atoms with Gasteiger partial charge in [-0.3, -0.25) is 14.4 Å². The Bertz CT molecular complexity index is 966. The van der Waals surface area contributed by atoms with E-state index in [9.17, 15) is 19.5 Å². The van der Waals surface area contributed by atoms with Crippen molar-refractivity contribution >= 4 is 23.5 Å². The molecule has 1 aromatic rings. The van der Waals surface area contributed by atoms with E-state index in [-0.39, 0.29) is 63.0 Å². The Hall–Kier alpha value is -2.89. The minimum atomic E-state index is -0.933. The lowest BCUT2D eigenvalue weighted by molar-refractivity contribution is -0.184. The predicted molar refractivity (Wildman–Crippen MR) is 146 cm³/mol. The number of nitrogens with one attached hydrogen (secondary N) is 3. The first-order valence-corrected chi connectivity index (χ1v) is 13.6. The molecule has 0 radical (unpaired) electrons. The molecule has 5 N–H and O–H groups in total. The Balaban J connectivity index is 2.00. The Morgan fingerprint density at radius 2 is 1.79 bits per heavy atom. The summed E-state index contributed by atoms with van der Waals surface area (Å²) in [5.41, 5.74) is 0.716. The Labute approximate surface area is 231 Å². The van der Waals surface area contributed by atoms with Crippen molar-refractivity contribution in [3.63, 3.8) is 0 Å². The van der Waals surface area contributed by atoms with Gasteiger partial charge >= 0.3 is 5.97 Å². The maximum absolute atomic E-state index is 12.7. The van der Waals surface area contributed by atoms with Gasteiger partial charge in [0.2, 0.25) is 18.1 Å². The highest BCUT2D eigenvalue weighted by Gasteiger charge is 2.34. The second kappa shape index (κ2) is 15.0. The van der Waals surface area contributed by atoms with E-state index < -0.39 is 29.8 Å². The van der Waals surface area contributed by atoms with Crippen LogP contribution in [0.4, 0.5) is 5.69 Å². The van der Waals surface area contributed by atoms with Gasteiger partial charge in [0.25, 0.3) is 0 Å². The summed E-state index contributed by atoms with van der Waals surface area (Å²) in [5, 5.41) is 28.3. The normalized spacial score (nSPS) is 19.5. The van der Waals surface area contributed by atoms with Crippen LogP contribution in [0.25, 0.3) is 0 Å². The summed E-state index contributed by atoms with van der Waals surface area (Å²) in [6.45, 7) is 11.4. The van der Waals surface area contributed by atoms with Crippen LogP contribution in [0.15, 0.2) is 18.2 Å². The average Bonchev–Trinajstić information content (AvgIpc) is 2.85. The zero-order valence-corrected chi connectivity index (χ0v) is 23.9. The minimum Gasteiger partial charge on any atom is -0.463 e. The molecule has 2 amide bonds. The maximum Gasteiger partial charge on any atom is 0.308 e. The van der Waals surface area contributed by atoms with Crippen LogP contribution in [0.1, 0.15) is 66.4 Å². The Kier molecular flexibility index (Phi) is 12.5. The van der Waals surface area contributed by atoms with Crippen molar-refractivity contribution in [1.29, 1.82) is 0 Å². The van der Waals surface area contributed by atoms with Crippen molar-refractivity contribution in [2.75, 3.05) is 25.0 Å². The van der Waals surface area contributed by atoms with Gasteiger partial charge in [-0.25, -0.2) is 0 Å². The zero-order valence-electron chi connectivity index (χ0n) is 23.9. The third kappa shape index (κ3) is 10.7. The van der Waals surface area contributed by atoms with Gasteiger partial charge in [0.1, 0.15) is 18.5 Å². The fraction of sp³-hybridized carbons (Fsp3) is 0.679. The number of anilines is 1. The van der Waals surface area contributed by atoms with Crippen LogP contribution < -0.4 is 20.7 Å². The fourth-order valence-corrected chi connectivity index (χ4v) is 3.86. The number of carbonyl (C=O) groups is 3.